The van der Waals surface area contributed by atoms with Crippen molar-refractivity contribution in [2.24, 2.45) is 0 Å². The quantitative estimate of drug-likeness (QED) is 0.857. The molecule has 1 N–H and O–H groups in total. The number of rotatable bonds is 5. The topological polar surface area (TPSA) is 77.5 Å². The smallest absolute Gasteiger partial charge is 0.407 e. The summed E-state index contributed by atoms with van der Waals surface area (Å²) in [4.78, 5) is 25.7. The van der Waals surface area contributed by atoms with Gasteiger partial charge in [-0.05, 0) is 30.2 Å². The minimum atomic E-state index is -0.369. The summed E-state index contributed by atoms with van der Waals surface area (Å²) in [5.41, 5.74) is 1.39. The van der Waals surface area contributed by atoms with Gasteiger partial charge in [0, 0.05) is 6.07 Å². The lowest BCUT2D eigenvalue weighted by molar-refractivity contribution is 0.111. The number of nitrogens with zero attached hydrogens (tertiary/aromatic N) is 1. The standard InChI is InChI=1S/C16H14N2O4/c19-9-12-2-1-3-15(17-12)22-14-6-4-11(5-7-14)8-13-10-21-16(20)18-13/h1-7,9,13H,8,10H2,(H,18,20). The maximum Gasteiger partial charge on any atom is 0.407 e. The molecular formula is C16H14N2O4. The highest BCUT2D eigenvalue weighted by Gasteiger charge is 2.22. The second kappa shape index (κ2) is 6.26. The van der Waals surface area contributed by atoms with Crippen LogP contribution in [-0.4, -0.2) is 30.0 Å². The van der Waals surface area contributed by atoms with Crippen LogP contribution in [0.15, 0.2) is 42.5 Å². The number of hydrogen-bond donors (Lipinski definition) is 1. The molecule has 1 aliphatic rings. The first-order valence-corrected chi connectivity index (χ1v) is 6.85. The van der Waals surface area contributed by atoms with Gasteiger partial charge in [-0.1, -0.05) is 18.2 Å². The van der Waals surface area contributed by atoms with E-state index in [9.17, 15) is 9.59 Å². The molecule has 6 nitrogen and oxygen atoms in total. The van der Waals surface area contributed by atoms with Crippen LogP contribution >= 0.6 is 0 Å². The monoisotopic (exact) mass is 298 g/mol. The van der Waals surface area contributed by atoms with Gasteiger partial charge in [-0.15, -0.1) is 0 Å². The van der Waals surface area contributed by atoms with Crippen LogP contribution in [0.2, 0.25) is 0 Å². The van der Waals surface area contributed by atoms with Crippen molar-refractivity contribution < 1.29 is 19.1 Å². The van der Waals surface area contributed by atoms with Crippen LogP contribution in [0.25, 0.3) is 0 Å². The summed E-state index contributed by atoms with van der Waals surface area (Å²) in [7, 11) is 0. The van der Waals surface area contributed by atoms with Crippen molar-refractivity contribution in [2.75, 3.05) is 6.61 Å². The lowest BCUT2D eigenvalue weighted by Crippen LogP contribution is -2.28. The van der Waals surface area contributed by atoms with Crippen LogP contribution in [0, 0.1) is 0 Å². The van der Waals surface area contributed by atoms with Crippen LogP contribution in [0.3, 0.4) is 0 Å². The first-order valence-electron chi connectivity index (χ1n) is 6.85. The number of nitrogens with one attached hydrogen (secondary N) is 1. The van der Waals surface area contributed by atoms with Crippen LogP contribution in [0.5, 0.6) is 11.6 Å². The molecule has 0 saturated carbocycles. The molecule has 1 aromatic carbocycles. The number of amides is 1. The second-order valence-corrected chi connectivity index (χ2v) is 4.91. The number of alkyl carbamates (subject to hydrolysis) is 1. The van der Waals surface area contributed by atoms with E-state index in [-0.39, 0.29) is 12.1 Å². The number of aromatic nitrogens is 1. The zero-order valence-corrected chi connectivity index (χ0v) is 11.7. The van der Waals surface area contributed by atoms with Gasteiger partial charge in [0.2, 0.25) is 5.88 Å². The molecule has 1 fully saturated rings. The zero-order valence-electron chi connectivity index (χ0n) is 11.7. The van der Waals surface area contributed by atoms with E-state index < -0.39 is 0 Å². The third-order valence-corrected chi connectivity index (χ3v) is 3.23. The fourth-order valence-corrected chi connectivity index (χ4v) is 2.19. The molecule has 2 heterocycles. The fraction of sp³-hybridized carbons (Fsp3) is 0.188. The first kappa shape index (κ1) is 14.1. The summed E-state index contributed by atoms with van der Waals surface area (Å²) in [5, 5.41) is 2.73. The van der Waals surface area contributed by atoms with Crippen molar-refractivity contribution in [3.05, 3.63) is 53.7 Å². The number of aldehydes is 1. The normalized spacial score (nSPS) is 16.7. The summed E-state index contributed by atoms with van der Waals surface area (Å²) in [6.07, 6.45) is 1.00. The summed E-state index contributed by atoms with van der Waals surface area (Å²) < 4.78 is 10.4. The molecule has 112 valence electrons. The molecular weight excluding hydrogens is 284 g/mol. The average molecular weight is 298 g/mol. The van der Waals surface area contributed by atoms with Gasteiger partial charge in [0.25, 0.3) is 0 Å². The SMILES string of the molecule is O=Cc1cccc(Oc2ccc(CC3COC(=O)N3)cc2)n1. The van der Waals surface area contributed by atoms with Gasteiger partial charge in [0.05, 0.1) is 6.04 Å². The van der Waals surface area contributed by atoms with E-state index in [4.69, 9.17) is 9.47 Å². The summed E-state index contributed by atoms with van der Waals surface area (Å²) >= 11 is 0. The van der Waals surface area contributed by atoms with Crippen LogP contribution in [0.1, 0.15) is 16.1 Å². The molecule has 0 spiro atoms. The van der Waals surface area contributed by atoms with Gasteiger partial charge >= 0.3 is 6.09 Å². The van der Waals surface area contributed by atoms with Gasteiger partial charge in [-0.2, -0.15) is 0 Å². The van der Waals surface area contributed by atoms with Gasteiger partial charge in [0.1, 0.15) is 18.1 Å². The van der Waals surface area contributed by atoms with Crippen LogP contribution in [-0.2, 0) is 11.2 Å². The highest BCUT2D eigenvalue weighted by molar-refractivity contribution is 5.71. The van der Waals surface area contributed by atoms with E-state index in [0.29, 0.717) is 36.6 Å². The lowest BCUT2D eigenvalue weighted by atomic mass is 10.1. The Bertz CT molecular complexity index is 685. The molecule has 1 amide bonds. The molecule has 1 aliphatic heterocycles. The van der Waals surface area contributed by atoms with Crippen molar-refractivity contribution in [1.29, 1.82) is 0 Å². The Labute approximate surface area is 127 Å². The predicted octanol–water partition coefficient (Wildman–Crippen LogP) is 2.34. The van der Waals surface area contributed by atoms with E-state index in [0.717, 1.165) is 5.56 Å². The van der Waals surface area contributed by atoms with Crippen LogP contribution < -0.4 is 10.1 Å². The van der Waals surface area contributed by atoms with Crippen molar-refractivity contribution in [1.82, 2.24) is 10.3 Å². The van der Waals surface area contributed by atoms with Crippen molar-refractivity contribution in [3.63, 3.8) is 0 Å². The number of hydrogen-bond acceptors (Lipinski definition) is 5. The zero-order chi connectivity index (χ0) is 15.4. The summed E-state index contributed by atoms with van der Waals surface area (Å²) in [6.45, 7) is 0.388. The molecule has 0 bridgehead atoms. The Hall–Kier alpha value is -2.89. The van der Waals surface area contributed by atoms with Gasteiger partial charge < -0.3 is 14.8 Å². The van der Waals surface area contributed by atoms with E-state index in [1.165, 1.54) is 0 Å². The molecule has 1 unspecified atom stereocenters. The molecule has 3 rings (SSSR count). The lowest BCUT2D eigenvalue weighted by Gasteiger charge is -2.09. The van der Waals surface area contributed by atoms with Gasteiger partial charge in [-0.25, -0.2) is 9.78 Å². The van der Waals surface area contributed by atoms with E-state index in [1.807, 2.05) is 24.3 Å². The largest absolute Gasteiger partial charge is 0.447 e. The van der Waals surface area contributed by atoms with Gasteiger partial charge in [0.15, 0.2) is 6.29 Å². The van der Waals surface area contributed by atoms with Crippen molar-refractivity contribution >= 4 is 12.4 Å². The minimum Gasteiger partial charge on any atom is -0.447 e. The Morgan fingerprint density at radius 1 is 1.27 bits per heavy atom. The Morgan fingerprint density at radius 3 is 2.77 bits per heavy atom. The van der Waals surface area contributed by atoms with E-state index >= 15 is 0 Å². The maximum atomic E-state index is 11.0. The molecule has 0 radical (unpaired) electrons. The summed E-state index contributed by atoms with van der Waals surface area (Å²) in [6, 6.07) is 12.5. The fourth-order valence-electron chi connectivity index (χ4n) is 2.19. The molecule has 0 aliphatic carbocycles. The Morgan fingerprint density at radius 2 is 2.09 bits per heavy atom. The predicted molar refractivity (Wildman–Crippen MR) is 78.1 cm³/mol. The molecule has 22 heavy (non-hydrogen) atoms. The average Bonchev–Trinajstić information content (AvgIpc) is 2.94. The first-order chi connectivity index (χ1) is 10.7. The third kappa shape index (κ3) is 3.41. The molecule has 1 aromatic heterocycles. The highest BCUT2D eigenvalue weighted by atomic mass is 16.6. The minimum absolute atomic E-state index is 0.00482. The van der Waals surface area contributed by atoms with Crippen LogP contribution in [0.4, 0.5) is 4.79 Å². The number of ether oxygens (including phenoxy) is 2. The molecule has 6 heteroatoms. The molecule has 1 atom stereocenters. The highest BCUT2D eigenvalue weighted by Crippen LogP contribution is 2.20. The van der Waals surface area contributed by atoms with Crippen molar-refractivity contribution in [3.8, 4) is 11.6 Å². The number of benzene rings is 1. The molecule has 2 aromatic rings. The number of cyclic esters (lactones) is 1. The number of pyridine rings is 1. The Balaban J connectivity index is 1.63. The van der Waals surface area contributed by atoms with Gasteiger partial charge in [-0.3, -0.25) is 4.79 Å². The maximum absolute atomic E-state index is 11.0. The van der Waals surface area contributed by atoms with Crippen molar-refractivity contribution in [2.45, 2.75) is 12.5 Å². The summed E-state index contributed by atoms with van der Waals surface area (Å²) in [5.74, 6) is 1.000. The number of carbonyl (C=O) groups is 2. The third-order valence-electron chi connectivity index (χ3n) is 3.23. The Kier molecular flexibility index (Phi) is 4.00. The van der Waals surface area contributed by atoms with E-state index in [1.54, 1.807) is 18.2 Å². The molecule has 1 saturated heterocycles. The number of carbonyl (C=O) groups excluding carboxylic acids is 2. The van der Waals surface area contributed by atoms with E-state index in [2.05, 4.69) is 10.3 Å². The second-order valence-electron chi connectivity index (χ2n) is 4.91.